The van der Waals surface area contributed by atoms with Gasteiger partial charge in [-0.15, -0.1) is 0 Å². The summed E-state index contributed by atoms with van der Waals surface area (Å²) in [7, 11) is 0. The van der Waals surface area contributed by atoms with Crippen molar-refractivity contribution in [2.75, 3.05) is 11.9 Å². The SMILES string of the molecule is [2H]N(c1ccc2c(C(F)(F)F)c(-c3ccccn3)c(=O)[nH]c2c1)[C@@H](C=O)[C@@H](O)[C@H](O)[C@H](O)CO. The third-order valence-electron chi connectivity index (χ3n) is 4.92. The van der Waals surface area contributed by atoms with E-state index in [1.807, 2.05) is 0 Å². The van der Waals surface area contributed by atoms with Gasteiger partial charge in [-0.05, 0) is 24.3 Å². The van der Waals surface area contributed by atoms with Crippen molar-refractivity contribution in [3.8, 4) is 11.3 Å². The second kappa shape index (κ2) is 9.67. The van der Waals surface area contributed by atoms with E-state index in [1.54, 1.807) is 0 Å². The van der Waals surface area contributed by atoms with E-state index < -0.39 is 59.2 Å². The Hall–Kier alpha value is -3.32. The van der Waals surface area contributed by atoms with Crippen LogP contribution in [0.25, 0.3) is 22.2 Å². The molecule has 33 heavy (non-hydrogen) atoms. The van der Waals surface area contributed by atoms with Crippen LogP contribution in [0.15, 0.2) is 47.4 Å². The lowest BCUT2D eigenvalue weighted by atomic mass is 9.99. The first-order valence-electron chi connectivity index (χ1n) is 10.0. The van der Waals surface area contributed by atoms with Crippen LogP contribution in [0.4, 0.5) is 18.9 Å². The van der Waals surface area contributed by atoms with Crippen LogP contribution in [-0.2, 0) is 11.0 Å². The Kier molecular flexibility index (Phi) is 6.70. The molecule has 4 atom stereocenters. The van der Waals surface area contributed by atoms with E-state index in [0.717, 1.165) is 18.2 Å². The Balaban J connectivity index is 2.13. The van der Waals surface area contributed by atoms with Gasteiger partial charge in [-0.1, -0.05) is 12.1 Å². The number of nitrogens with one attached hydrogen (secondary N) is 2. The summed E-state index contributed by atoms with van der Waals surface area (Å²) in [6.45, 7) is -0.933. The molecule has 0 fully saturated rings. The fourth-order valence-corrected chi connectivity index (χ4v) is 3.31. The largest absolute Gasteiger partial charge is 0.417 e. The third kappa shape index (κ3) is 5.03. The lowest BCUT2D eigenvalue weighted by molar-refractivity contribution is -0.135. The Morgan fingerprint density at radius 3 is 2.48 bits per heavy atom. The highest BCUT2D eigenvalue weighted by molar-refractivity contribution is 5.90. The van der Waals surface area contributed by atoms with Crippen LogP contribution < -0.4 is 10.9 Å². The standard InChI is InChI=1S/C21H20F3N3O6/c22-21(23,24)17-11-5-4-10(26-14(8-28)18(31)19(32)15(30)9-29)7-13(11)27-20(33)16(17)12-3-1-2-6-25-12/h1-8,14-15,18-19,26,29-32H,9H2,(H,27,33)/t14-,15+,18+,19+/m0/s1/i/hD. The number of anilines is 1. The van der Waals surface area contributed by atoms with Gasteiger partial charge in [-0.3, -0.25) is 9.78 Å². The number of hydrogen-bond acceptors (Lipinski definition) is 8. The Labute approximate surface area is 185 Å². The van der Waals surface area contributed by atoms with Crippen LogP contribution in [0.2, 0.25) is 1.41 Å². The molecule has 6 N–H and O–H groups in total. The number of rotatable bonds is 8. The summed E-state index contributed by atoms with van der Waals surface area (Å²) in [6.07, 6.45) is -9.43. The van der Waals surface area contributed by atoms with Gasteiger partial charge in [-0.2, -0.15) is 13.2 Å². The van der Waals surface area contributed by atoms with Gasteiger partial charge >= 0.3 is 6.18 Å². The lowest BCUT2D eigenvalue weighted by Gasteiger charge is -2.27. The maximum absolute atomic E-state index is 14.0. The highest BCUT2D eigenvalue weighted by Crippen LogP contribution is 2.39. The number of aromatic nitrogens is 2. The molecule has 0 aliphatic rings. The van der Waals surface area contributed by atoms with Crippen molar-refractivity contribution in [2.45, 2.75) is 30.5 Å². The molecule has 2 heterocycles. The summed E-state index contributed by atoms with van der Waals surface area (Å²) in [5.41, 5.74) is -3.70. The zero-order chi connectivity index (χ0) is 25.2. The van der Waals surface area contributed by atoms with Crippen molar-refractivity contribution in [1.29, 1.82) is 0 Å². The van der Waals surface area contributed by atoms with Gasteiger partial charge in [0.25, 0.3) is 5.56 Å². The van der Waals surface area contributed by atoms with Crippen molar-refractivity contribution in [1.82, 2.24) is 9.97 Å². The van der Waals surface area contributed by atoms with Crippen LogP contribution in [0.1, 0.15) is 5.56 Å². The van der Waals surface area contributed by atoms with E-state index in [1.165, 1.54) is 24.4 Å². The highest BCUT2D eigenvalue weighted by Gasteiger charge is 2.38. The van der Waals surface area contributed by atoms with E-state index in [9.17, 15) is 38.1 Å². The predicted molar refractivity (Wildman–Crippen MR) is 111 cm³/mol. The average Bonchev–Trinajstić information content (AvgIpc) is 2.81. The Morgan fingerprint density at radius 2 is 1.91 bits per heavy atom. The summed E-state index contributed by atoms with van der Waals surface area (Å²) < 4.78 is 50.2. The second-order valence-corrected chi connectivity index (χ2v) is 7.13. The number of aliphatic hydroxyl groups excluding tert-OH is 4. The maximum Gasteiger partial charge on any atom is 0.417 e. The lowest BCUT2D eigenvalue weighted by Crippen LogP contribution is -2.49. The number of halogens is 3. The van der Waals surface area contributed by atoms with E-state index in [4.69, 9.17) is 6.52 Å². The normalized spacial score (nSPS) is 16.0. The van der Waals surface area contributed by atoms with Crippen molar-refractivity contribution < 1.29 is 39.8 Å². The van der Waals surface area contributed by atoms with Crippen LogP contribution in [-0.4, -0.2) is 67.6 Å². The number of nitrogens with zero attached hydrogens (tertiary/aromatic N) is 1. The summed E-state index contributed by atoms with van der Waals surface area (Å²) >= 11 is 0. The molecule has 2 aromatic heterocycles. The molecule has 3 rings (SSSR count). The van der Waals surface area contributed by atoms with Crippen LogP contribution in [0.3, 0.4) is 0 Å². The summed E-state index contributed by atoms with van der Waals surface area (Å²) in [4.78, 5) is 30.3. The number of H-pyrrole nitrogens is 1. The average molecular weight is 468 g/mol. The van der Waals surface area contributed by atoms with Gasteiger partial charge in [0.1, 0.15) is 30.6 Å². The van der Waals surface area contributed by atoms with Crippen molar-refractivity contribution >= 4 is 22.9 Å². The molecule has 0 radical (unpaired) electrons. The quantitative estimate of drug-likeness (QED) is 0.264. The smallest absolute Gasteiger partial charge is 0.394 e. The number of hydrogen-bond donors (Lipinski definition) is 6. The monoisotopic (exact) mass is 468 g/mol. The number of aliphatic hydroxyl groups is 4. The summed E-state index contributed by atoms with van der Waals surface area (Å²) in [5, 5.41) is 38.4. The maximum atomic E-state index is 14.0. The Bertz CT molecular complexity index is 1220. The van der Waals surface area contributed by atoms with Crippen LogP contribution in [0.5, 0.6) is 0 Å². The number of benzene rings is 1. The summed E-state index contributed by atoms with van der Waals surface area (Å²) in [5.74, 6) is 0. The van der Waals surface area contributed by atoms with Gasteiger partial charge in [-0.25, -0.2) is 0 Å². The number of carbonyl (C=O) groups is 1. The summed E-state index contributed by atoms with van der Waals surface area (Å²) in [6, 6.07) is 5.45. The second-order valence-electron chi connectivity index (χ2n) is 7.13. The van der Waals surface area contributed by atoms with Gasteiger partial charge in [0, 0.05) is 17.3 Å². The first-order chi connectivity index (χ1) is 16.0. The van der Waals surface area contributed by atoms with Crippen molar-refractivity contribution in [2.24, 2.45) is 0 Å². The third-order valence-corrected chi connectivity index (χ3v) is 4.92. The fraction of sp³-hybridized carbons (Fsp3) is 0.286. The van der Waals surface area contributed by atoms with Gasteiger partial charge in [0.15, 0.2) is 1.41 Å². The molecule has 1 aromatic carbocycles. The molecule has 0 aliphatic heterocycles. The molecule has 3 aromatic rings. The molecule has 9 nitrogen and oxygen atoms in total. The predicted octanol–water partition coefficient (Wildman–Crippen LogP) is 0.663. The fourth-order valence-electron chi connectivity index (χ4n) is 3.31. The van der Waals surface area contributed by atoms with Gasteiger partial charge < -0.3 is 35.5 Å². The molecule has 0 bridgehead atoms. The molecule has 12 heteroatoms. The number of fused-ring (bicyclic) bond motifs is 1. The van der Waals surface area contributed by atoms with E-state index in [-0.39, 0.29) is 23.2 Å². The first-order valence-corrected chi connectivity index (χ1v) is 9.58. The highest BCUT2D eigenvalue weighted by atomic mass is 19.4. The Morgan fingerprint density at radius 1 is 1.18 bits per heavy atom. The molecule has 0 saturated carbocycles. The minimum Gasteiger partial charge on any atom is -0.394 e. The van der Waals surface area contributed by atoms with E-state index in [0.29, 0.717) is 5.31 Å². The van der Waals surface area contributed by atoms with Crippen LogP contribution >= 0.6 is 0 Å². The number of alkyl halides is 3. The van der Waals surface area contributed by atoms with Crippen LogP contribution in [0, 0.1) is 0 Å². The van der Waals surface area contributed by atoms with E-state index >= 15 is 0 Å². The zero-order valence-electron chi connectivity index (χ0n) is 17.8. The minimum atomic E-state index is -4.94. The molecule has 176 valence electrons. The molecule has 0 amide bonds. The van der Waals surface area contributed by atoms with Gasteiger partial charge in [0.2, 0.25) is 0 Å². The zero-order valence-corrected chi connectivity index (χ0v) is 16.8. The first kappa shape index (κ1) is 22.9. The molecule has 0 unspecified atom stereocenters. The van der Waals surface area contributed by atoms with Crippen molar-refractivity contribution in [3.05, 3.63) is 58.5 Å². The molecule has 0 aliphatic carbocycles. The van der Waals surface area contributed by atoms with Crippen molar-refractivity contribution in [3.63, 3.8) is 0 Å². The molecule has 0 spiro atoms. The molecular weight excluding hydrogens is 447 g/mol. The minimum absolute atomic E-state index is 0.0865. The topological polar surface area (TPSA) is 156 Å². The number of carbonyl (C=O) groups excluding carboxylic acids is 1. The number of aldehydes is 1. The van der Waals surface area contributed by atoms with Gasteiger partial charge in [0.05, 0.1) is 28.9 Å². The molecular formula is C21H20F3N3O6. The van der Waals surface area contributed by atoms with E-state index in [2.05, 4.69) is 9.97 Å². The molecule has 0 saturated heterocycles. The number of pyridine rings is 2. The number of aromatic amines is 1.